The van der Waals surface area contributed by atoms with E-state index in [1.807, 2.05) is 36.7 Å². The number of nitrogens with one attached hydrogen (secondary N) is 2. The summed E-state index contributed by atoms with van der Waals surface area (Å²) in [6.07, 6.45) is 4.79. The van der Waals surface area contributed by atoms with Crippen molar-refractivity contribution in [2.75, 3.05) is 17.2 Å². The van der Waals surface area contributed by atoms with Crippen molar-refractivity contribution in [3.05, 3.63) is 47.8 Å². The maximum atomic E-state index is 4.51. The monoisotopic (exact) mass is 256 g/mol. The molecule has 0 fully saturated rings. The fraction of sp³-hybridized carbons (Fsp3) is 0.333. The minimum atomic E-state index is 0.740. The Bertz CT molecular complexity index is 525. The van der Waals surface area contributed by atoms with Crippen LogP contribution < -0.4 is 10.6 Å². The SMILES string of the molecule is CCCNc1cccc(NCc2cnccc2C)n1. The molecule has 0 radical (unpaired) electrons. The number of pyridine rings is 2. The molecule has 0 bridgehead atoms. The van der Waals surface area contributed by atoms with Crippen LogP contribution in [0.1, 0.15) is 24.5 Å². The van der Waals surface area contributed by atoms with Crippen molar-refractivity contribution < 1.29 is 0 Å². The van der Waals surface area contributed by atoms with Crippen molar-refractivity contribution in [1.29, 1.82) is 0 Å². The van der Waals surface area contributed by atoms with Gasteiger partial charge in [-0.05, 0) is 42.7 Å². The molecule has 0 saturated heterocycles. The van der Waals surface area contributed by atoms with Gasteiger partial charge in [0, 0.05) is 25.5 Å². The molecule has 0 unspecified atom stereocenters. The van der Waals surface area contributed by atoms with Crippen LogP contribution in [-0.4, -0.2) is 16.5 Å². The van der Waals surface area contributed by atoms with E-state index in [1.54, 1.807) is 0 Å². The quantitative estimate of drug-likeness (QED) is 0.833. The Kier molecular flexibility index (Phi) is 4.72. The van der Waals surface area contributed by atoms with Crippen LogP contribution in [-0.2, 0) is 6.54 Å². The molecule has 0 aromatic carbocycles. The van der Waals surface area contributed by atoms with Crippen molar-refractivity contribution in [2.24, 2.45) is 0 Å². The molecule has 19 heavy (non-hydrogen) atoms. The minimum Gasteiger partial charge on any atom is -0.370 e. The minimum absolute atomic E-state index is 0.740. The third-order valence-electron chi connectivity index (χ3n) is 2.91. The van der Waals surface area contributed by atoms with Gasteiger partial charge in [0.25, 0.3) is 0 Å². The summed E-state index contributed by atoms with van der Waals surface area (Å²) in [6.45, 7) is 5.91. The van der Waals surface area contributed by atoms with E-state index in [0.29, 0.717) is 0 Å². The van der Waals surface area contributed by atoms with Gasteiger partial charge >= 0.3 is 0 Å². The second-order valence-electron chi connectivity index (χ2n) is 4.49. The Morgan fingerprint density at radius 3 is 2.63 bits per heavy atom. The summed E-state index contributed by atoms with van der Waals surface area (Å²) in [5.41, 5.74) is 2.43. The third kappa shape index (κ3) is 3.95. The van der Waals surface area contributed by atoms with Crippen LogP contribution >= 0.6 is 0 Å². The lowest BCUT2D eigenvalue weighted by Gasteiger charge is -2.09. The molecule has 4 nitrogen and oxygen atoms in total. The lowest BCUT2D eigenvalue weighted by Crippen LogP contribution is -2.06. The Labute approximate surface area is 114 Å². The van der Waals surface area contributed by atoms with Gasteiger partial charge in [0.1, 0.15) is 11.6 Å². The number of aryl methyl sites for hydroxylation is 1. The van der Waals surface area contributed by atoms with Gasteiger partial charge in [-0.25, -0.2) is 4.98 Å². The van der Waals surface area contributed by atoms with Gasteiger partial charge in [-0.2, -0.15) is 0 Å². The van der Waals surface area contributed by atoms with Crippen LogP contribution in [0.3, 0.4) is 0 Å². The van der Waals surface area contributed by atoms with Gasteiger partial charge < -0.3 is 10.6 Å². The van der Waals surface area contributed by atoms with E-state index in [9.17, 15) is 0 Å². The molecule has 0 aliphatic carbocycles. The molecule has 100 valence electrons. The Morgan fingerprint density at radius 1 is 1.11 bits per heavy atom. The van der Waals surface area contributed by atoms with Crippen LogP contribution in [0.4, 0.5) is 11.6 Å². The molecule has 0 aliphatic rings. The molecule has 4 heteroatoms. The summed E-state index contributed by atoms with van der Waals surface area (Å²) >= 11 is 0. The Morgan fingerprint density at radius 2 is 1.89 bits per heavy atom. The van der Waals surface area contributed by atoms with Crippen molar-refractivity contribution in [3.63, 3.8) is 0 Å². The van der Waals surface area contributed by atoms with Crippen LogP contribution in [0.15, 0.2) is 36.7 Å². The standard InChI is InChI=1S/C15H20N4/c1-3-8-17-14-5-4-6-15(19-14)18-11-13-10-16-9-7-12(13)2/h4-7,9-10H,3,8,11H2,1-2H3,(H2,17,18,19). The van der Waals surface area contributed by atoms with E-state index in [-0.39, 0.29) is 0 Å². The average molecular weight is 256 g/mol. The number of hydrogen-bond acceptors (Lipinski definition) is 4. The Balaban J connectivity index is 1.98. The lowest BCUT2D eigenvalue weighted by atomic mass is 10.1. The predicted molar refractivity (Wildman–Crippen MR) is 79.3 cm³/mol. The van der Waals surface area contributed by atoms with E-state index in [2.05, 4.69) is 34.4 Å². The van der Waals surface area contributed by atoms with Gasteiger partial charge in [0.2, 0.25) is 0 Å². The molecule has 2 heterocycles. The first kappa shape index (κ1) is 13.3. The highest BCUT2D eigenvalue weighted by atomic mass is 15.1. The first-order valence-electron chi connectivity index (χ1n) is 6.64. The molecule has 2 N–H and O–H groups in total. The number of rotatable bonds is 6. The van der Waals surface area contributed by atoms with Crippen molar-refractivity contribution >= 4 is 11.6 Å². The number of aromatic nitrogens is 2. The molecule has 0 amide bonds. The van der Waals surface area contributed by atoms with Crippen LogP contribution in [0.25, 0.3) is 0 Å². The maximum absolute atomic E-state index is 4.51. The molecule has 2 aromatic rings. The zero-order valence-corrected chi connectivity index (χ0v) is 11.5. The molecular formula is C15H20N4. The summed E-state index contributed by atoms with van der Waals surface area (Å²) in [7, 11) is 0. The van der Waals surface area contributed by atoms with Crippen molar-refractivity contribution in [1.82, 2.24) is 9.97 Å². The van der Waals surface area contributed by atoms with Crippen LogP contribution in [0, 0.1) is 6.92 Å². The molecular weight excluding hydrogens is 236 g/mol. The number of nitrogens with zero attached hydrogens (tertiary/aromatic N) is 2. The van der Waals surface area contributed by atoms with Gasteiger partial charge in [0.05, 0.1) is 0 Å². The molecule has 2 aromatic heterocycles. The molecule has 0 aliphatic heterocycles. The zero-order valence-electron chi connectivity index (χ0n) is 11.5. The molecule has 0 atom stereocenters. The average Bonchev–Trinajstić information content (AvgIpc) is 2.45. The number of hydrogen-bond donors (Lipinski definition) is 2. The highest BCUT2D eigenvalue weighted by molar-refractivity contribution is 5.45. The van der Waals surface area contributed by atoms with Gasteiger partial charge in [0.15, 0.2) is 0 Å². The third-order valence-corrected chi connectivity index (χ3v) is 2.91. The largest absolute Gasteiger partial charge is 0.370 e. The first-order chi connectivity index (χ1) is 9.29. The summed E-state index contributed by atoms with van der Waals surface area (Å²) < 4.78 is 0. The fourth-order valence-corrected chi connectivity index (χ4v) is 1.75. The predicted octanol–water partition coefficient (Wildman–Crippen LogP) is 3.22. The van der Waals surface area contributed by atoms with E-state index < -0.39 is 0 Å². The summed E-state index contributed by atoms with van der Waals surface area (Å²) in [4.78, 5) is 8.66. The van der Waals surface area contributed by atoms with Crippen LogP contribution in [0.5, 0.6) is 0 Å². The zero-order chi connectivity index (χ0) is 13.5. The van der Waals surface area contributed by atoms with E-state index in [0.717, 1.165) is 31.1 Å². The lowest BCUT2D eigenvalue weighted by molar-refractivity contribution is 0.967. The second-order valence-corrected chi connectivity index (χ2v) is 4.49. The van der Waals surface area contributed by atoms with E-state index in [4.69, 9.17) is 0 Å². The van der Waals surface area contributed by atoms with E-state index in [1.165, 1.54) is 11.1 Å². The summed E-state index contributed by atoms with van der Waals surface area (Å²) in [5.74, 6) is 1.79. The summed E-state index contributed by atoms with van der Waals surface area (Å²) in [6, 6.07) is 7.98. The molecule has 2 rings (SSSR count). The highest BCUT2D eigenvalue weighted by Crippen LogP contribution is 2.12. The normalized spacial score (nSPS) is 10.2. The maximum Gasteiger partial charge on any atom is 0.128 e. The van der Waals surface area contributed by atoms with Gasteiger partial charge in [-0.15, -0.1) is 0 Å². The van der Waals surface area contributed by atoms with Crippen molar-refractivity contribution in [3.8, 4) is 0 Å². The fourth-order valence-electron chi connectivity index (χ4n) is 1.75. The Hall–Kier alpha value is -2.10. The van der Waals surface area contributed by atoms with Gasteiger partial charge in [-0.3, -0.25) is 4.98 Å². The van der Waals surface area contributed by atoms with Gasteiger partial charge in [-0.1, -0.05) is 13.0 Å². The molecule has 0 spiro atoms. The number of anilines is 2. The smallest absolute Gasteiger partial charge is 0.128 e. The molecule has 0 saturated carbocycles. The second kappa shape index (κ2) is 6.73. The summed E-state index contributed by atoms with van der Waals surface area (Å²) in [5, 5.41) is 6.61. The first-order valence-corrected chi connectivity index (χ1v) is 6.64. The van der Waals surface area contributed by atoms with Crippen molar-refractivity contribution in [2.45, 2.75) is 26.8 Å². The van der Waals surface area contributed by atoms with Crippen LogP contribution in [0.2, 0.25) is 0 Å². The van der Waals surface area contributed by atoms with E-state index >= 15 is 0 Å². The topological polar surface area (TPSA) is 49.8 Å². The highest BCUT2D eigenvalue weighted by Gasteiger charge is 2.00.